The molecule has 1 aliphatic heterocycles. The Labute approximate surface area is 173 Å². The number of fused-ring (bicyclic) bond motifs is 1. The number of alkyl carbamates (subject to hydrolysis) is 1. The van der Waals surface area contributed by atoms with Crippen molar-refractivity contribution < 1.29 is 14.3 Å². The summed E-state index contributed by atoms with van der Waals surface area (Å²) in [6.45, 7) is 2.54. The molecular formula is C22H23N3O3S. The van der Waals surface area contributed by atoms with E-state index in [4.69, 9.17) is 9.72 Å². The van der Waals surface area contributed by atoms with E-state index in [0.717, 1.165) is 33.6 Å². The van der Waals surface area contributed by atoms with Gasteiger partial charge >= 0.3 is 6.09 Å². The quantitative estimate of drug-likeness (QED) is 0.683. The first-order valence-corrected chi connectivity index (χ1v) is 10.6. The van der Waals surface area contributed by atoms with Gasteiger partial charge in [0.2, 0.25) is 5.91 Å². The minimum absolute atomic E-state index is 0.0375. The maximum absolute atomic E-state index is 13.0. The van der Waals surface area contributed by atoms with Crippen molar-refractivity contribution in [2.45, 2.75) is 38.5 Å². The lowest BCUT2D eigenvalue weighted by Crippen LogP contribution is -2.46. The van der Waals surface area contributed by atoms with Crippen LogP contribution in [0.5, 0.6) is 0 Å². The highest BCUT2D eigenvalue weighted by atomic mass is 32.1. The molecule has 2 aromatic carbocycles. The predicted octanol–water partition coefficient (Wildman–Crippen LogP) is 4.27. The first-order chi connectivity index (χ1) is 14.1. The Bertz CT molecular complexity index is 972. The molecule has 1 saturated heterocycles. The van der Waals surface area contributed by atoms with E-state index in [9.17, 15) is 9.59 Å². The van der Waals surface area contributed by atoms with E-state index >= 15 is 0 Å². The fraction of sp³-hybridized carbons (Fsp3) is 0.318. The smallest absolute Gasteiger partial charge is 0.408 e. The van der Waals surface area contributed by atoms with Crippen molar-refractivity contribution in [3.05, 3.63) is 65.2 Å². The van der Waals surface area contributed by atoms with Gasteiger partial charge in [0.25, 0.3) is 0 Å². The number of carbonyl (C=O) groups is 2. The summed E-state index contributed by atoms with van der Waals surface area (Å²) in [6, 6.07) is 16.7. The van der Waals surface area contributed by atoms with Crippen LogP contribution in [0.2, 0.25) is 0 Å². The number of amides is 2. The fourth-order valence-electron chi connectivity index (χ4n) is 3.57. The largest absolute Gasteiger partial charge is 0.445 e. The molecule has 0 unspecified atom stereocenters. The Morgan fingerprint density at radius 1 is 1.21 bits per heavy atom. The zero-order valence-electron chi connectivity index (χ0n) is 16.2. The number of nitrogens with one attached hydrogen (secondary N) is 1. The third-order valence-corrected chi connectivity index (χ3v) is 6.19. The van der Waals surface area contributed by atoms with Gasteiger partial charge in [-0.1, -0.05) is 42.5 Å². The van der Waals surface area contributed by atoms with E-state index in [1.165, 1.54) is 0 Å². The number of para-hydroxylation sites is 1. The van der Waals surface area contributed by atoms with Crippen LogP contribution < -0.4 is 5.32 Å². The molecule has 2 amide bonds. The van der Waals surface area contributed by atoms with Gasteiger partial charge in [-0.15, -0.1) is 11.3 Å². The summed E-state index contributed by atoms with van der Waals surface area (Å²) in [6.07, 6.45) is 1.22. The zero-order valence-corrected chi connectivity index (χ0v) is 17.0. The number of likely N-dealkylation sites (tertiary alicyclic amines) is 1. The Hall–Kier alpha value is -2.93. The monoisotopic (exact) mass is 409 g/mol. The summed E-state index contributed by atoms with van der Waals surface area (Å²) in [5, 5.41) is 3.61. The van der Waals surface area contributed by atoms with Gasteiger partial charge in [-0.3, -0.25) is 4.79 Å². The van der Waals surface area contributed by atoms with E-state index in [0.29, 0.717) is 6.54 Å². The second-order valence-electron chi connectivity index (χ2n) is 7.14. The van der Waals surface area contributed by atoms with E-state index in [2.05, 4.69) is 5.32 Å². The molecule has 29 heavy (non-hydrogen) atoms. The molecule has 0 saturated carbocycles. The van der Waals surface area contributed by atoms with E-state index in [-0.39, 0.29) is 18.6 Å². The minimum atomic E-state index is -0.659. The van der Waals surface area contributed by atoms with E-state index in [1.54, 1.807) is 18.3 Å². The van der Waals surface area contributed by atoms with Gasteiger partial charge in [0.15, 0.2) is 0 Å². The van der Waals surface area contributed by atoms with E-state index in [1.807, 2.05) is 59.5 Å². The van der Waals surface area contributed by atoms with Crippen molar-refractivity contribution in [1.82, 2.24) is 15.2 Å². The number of hydrogen-bond donors (Lipinski definition) is 1. The summed E-state index contributed by atoms with van der Waals surface area (Å²) >= 11 is 1.63. The molecule has 0 radical (unpaired) electrons. The molecular weight excluding hydrogens is 386 g/mol. The van der Waals surface area contributed by atoms with Crippen LogP contribution in [-0.4, -0.2) is 34.5 Å². The molecule has 2 heterocycles. The van der Waals surface area contributed by atoms with Crippen molar-refractivity contribution in [3.63, 3.8) is 0 Å². The van der Waals surface area contributed by atoms with Gasteiger partial charge in [0, 0.05) is 6.54 Å². The van der Waals surface area contributed by atoms with Crippen LogP contribution in [0.25, 0.3) is 10.2 Å². The first-order valence-electron chi connectivity index (χ1n) is 9.75. The molecule has 1 aliphatic rings. The predicted molar refractivity (Wildman–Crippen MR) is 113 cm³/mol. The number of thiazole rings is 1. The average molecular weight is 410 g/mol. The third-order valence-electron chi connectivity index (χ3n) is 5.05. The van der Waals surface area contributed by atoms with E-state index < -0.39 is 12.1 Å². The topological polar surface area (TPSA) is 71.5 Å². The van der Waals surface area contributed by atoms with Crippen molar-refractivity contribution in [1.29, 1.82) is 0 Å². The summed E-state index contributed by atoms with van der Waals surface area (Å²) in [5.41, 5.74) is 1.86. The number of benzene rings is 2. The summed E-state index contributed by atoms with van der Waals surface area (Å²) in [4.78, 5) is 31.6. The molecule has 6 nitrogen and oxygen atoms in total. The summed E-state index contributed by atoms with van der Waals surface area (Å²) < 4.78 is 6.35. The van der Waals surface area contributed by atoms with Crippen LogP contribution in [0, 0.1) is 0 Å². The Kier molecular flexibility index (Phi) is 5.76. The molecule has 3 aromatic rings. The van der Waals surface area contributed by atoms with Crippen LogP contribution in [0.3, 0.4) is 0 Å². The number of carbonyl (C=O) groups excluding carboxylic acids is 2. The fourth-order valence-corrected chi connectivity index (χ4v) is 4.69. The molecule has 0 spiro atoms. The second-order valence-corrected chi connectivity index (χ2v) is 8.20. The highest BCUT2D eigenvalue weighted by molar-refractivity contribution is 7.18. The lowest BCUT2D eigenvalue weighted by molar-refractivity contribution is -0.133. The summed E-state index contributed by atoms with van der Waals surface area (Å²) in [5.74, 6) is -0.108. The van der Waals surface area contributed by atoms with Crippen LogP contribution in [0.1, 0.15) is 36.4 Å². The lowest BCUT2D eigenvalue weighted by atomic mass is 10.2. The molecule has 0 aliphatic carbocycles. The summed E-state index contributed by atoms with van der Waals surface area (Å²) in [7, 11) is 0. The SMILES string of the molecule is C[C@@H](NC(=O)OCc1ccccc1)C(=O)N1CCC[C@@H]1c1nc2ccccc2s1. The Morgan fingerprint density at radius 3 is 2.76 bits per heavy atom. The van der Waals surface area contributed by atoms with Crippen LogP contribution in [0.4, 0.5) is 4.79 Å². The van der Waals surface area contributed by atoms with Gasteiger partial charge in [-0.05, 0) is 37.5 Å². The maximum Gasteiger partial charge on any atom is 0.408 e. The highest BCUT2D eigenvalue weighted by Gasteiger charge is 2.34. The molecule has 0 bridgehead atoms. The number of hydrogen-bond acceptors (Lipinski definition) is 5. The van der Waals surface area contributed by atoms with Crippen molar-refractivity contribution in [2.24, 2.45) is 0 Å². The Balaban J connectivity index is 1.37. The van der Waals surface area contributed by atoms with Crippen molar-refractivity contribution >= 4 is 33.6 Å². The van der Waals surface area contributed by atoms with Crippen LogP contribution in [-0.2, 0) is 16.1 Å². The van der Waals surface area contributed by atoms with Gasteiger partial charge < -0.3 is 15.0 Å². The molecule has 150 valence electrons. The normalized spacial score (nSPS) is 17.3. The standard InChI is InChI=1S/C22H23N3O3S/c1-15(23-22(27)28-14-16-8-3-2-4-9-16)21(26)25-13-7-11-18(25)20-24-17-10-5-6-12-19(17)29-20/h2-6,8-10,12,15,18H,7,11,13-14H2,1H3,(H,23,27)/t15-,18-/m1/s1. The lowest BCUT2D eigenvalue weighted by Gasteiger charge is -2.26. The molecule has 1 fully saturated rings. The number of aromatic nitrogens is 1. The number of rotatable bonds is 5. The maximum atomic E-state index is 13.0. The first kappa shape index (κ1) is 19.4. The average Bonchev–Trinajstić information content (AvgIpc) is 3.39. The number of ether oxygens (including phenoxy) is 1. The van der Waals surface area contributed by atoms with Crippen molar-refractivity contribution in [3.8, 4) is 0 Å². The van der Waals surface area contributed by atoms with Gasteiger partial charge in [0.1, 0.15) is 17.7 Å². The third kappa shape index (κ3) is 4.40. The highest BCUT2D eigenvalue weighted by Crippen LogP contribution is 2.36. The second kappa shape index (κ2) is 8.61. The van der Waals surface area contributed by atoms with Crippen molar-refractivity contribution in [2.75, 3.05) is 6.54 Å². The Morgan fingerprint density at radius 2 is 1.97 bits per heavy atom. The number of nitrogens with zero attached hydrogens (tertiary/aromatic N) is 2. The van der Waals surface area contributed by atoms with Gasteiger partial charge in [-0.2, -0.15) is 0 Å². The van der Waals surface area contributed by atoms with Crippen LogP contribution >= 0.6 is 11.3 Å². The molecule has 1 aromatic heterocycles. The van der Waals surface area contributed by atoms with Gasteiger partial charge in [0.05, 0.1) is 16.3 Å². The molecule has 7 heteroatoms. The minimum Gasteiger partial charge on any atom is -0.445 e. The molecule has 2 atom stereocenters. The van der Waals surface area contributed by atoms with Gasteiger partial charge in [-0.25, -0.2) is 9.78 Å². The molecule has 4 rings (SSSR count). The van der Waals surface area contributed by atoms with Crippen LogP contribution in [0.15, 0.2) is 54.6 Å². The molecule has 1 N–H and O–H groups in total. The zero-order chi connectivity index (χ0) is 20.2.